The van der Waals surface area contributed by atoms with Crippen molar-refractivity contribution in [3.63, 3.8) is 0 Å². The summed E-state index contributed by atoms with van der Waals surface area (Å²) < 4.78 is 31.9. The van der Waals surface area contributed by atoms with E-state index in [0.717, 1.165) is 31.6 Å². The fourth-order valence-electron chi connectivity index (χ4n) is 3.23. The molecule has 0 radical (unpaired) electrons. The topological polar surface area (TPSA) is 70.7 Å². The largest absolute Gasteiger partial charge is 0.379 e. The predicted molar refractivity (Wildman–Crippen MR) is 102 cm³/mol. The Hall–Kier alpha value is -2.06. The second-order valence-electron chi connectivity index (χ2n) is 7.37. The first-order valence-electron chi connectivity index (χ1n) is 9.68. The first kappa shape index (κ1) is 22.2. The highest BCUT2D eigenvalue weighted by Gasteiger charge is 2.22. The number of carbonyl (C=O) groups excluding carboxylic acids is 2. The second-order valence-corrected chi connectivity index (χ2v) is 7.37. The van der Waals surface area contributed by atoms with Crippen molar-refractivity contribution in [3.8, 4) is 0 Å². The summed E-state index contributed by atoms with van der Waals surface area (Å²) in [5, 5.41) is 5.41. The average Bonchev–Trinajstić information content (AvgIpc) is 2.65. The molecule has 1 aromatic carbocycles. The lowest BCUT2D eigenvalue weighted by molar-refractivity contribution is -0.121. The number of carbonyl (C=O) groups is 2. The maximum Gasteiger partial charge on any atom is 0.254 e. The number of nitrogens with zero attached hydrogens (tertiary/aromatic N) is 1. The zero-order chi connectivity index (χ0) is 20.5. The standard InChI is InChI=1S/C20H29F2N3O3/c1-14(2)11-16(25-7-9-28-10-8-25)13-24-19(26)5-6-23-20(27)17-4-3-15(21)12-18(17)22/h3-4,12,14,16H,5-11,13H2,1-2H3,(H,23,27)(H,24,26). The van der Waals surface area contributed by atoms with Gasteiger partial charge in [0, 0.05) is 44.7 Å². The Labute approximate surface area is 164 Å². The van der Waals surface area contributed by atoms with Crippen LogP contribution in [0.3, 0.4) is 0 Å². The molecule has 0 aliphatic carbocycles. The van der Waals surface area contributed by atoms with Crippen molar-refractivity contribution in [1.82, 2.24) is 15.5 Å². The molecule has 1 fully saturated rings. The van der Waals surface area contributed by atoms with Gasteiger partial charge in [-0.05, 0) is 24.5 Å². The van der Waals surface area contributed by atoms with Crippen molar-refractivity contribution in [2.75, 3.05) is 39.4 Å². The van der Waals surface area contributed by atoms with E-state index in [-0.39, 0.29) is 30.5 Å². The summed E-state index contributed by atoms with van der Waals surface area (Å²) in [4.78, 5) is 26.4. The predicted octanol–water partition coefficient (Wildman–Crippen LogP) is 1.95. The summed E-state index contributed by atoms with van der Waals surface area (Å²) in [5.74, 6) is -2.01. The molecule has 0 saturated carbocycles. The zero-order valence-electron chi connectivity index (χ0n) is 16.5. The maximum atomic E-state index is 13.6. The van der Waals surface area contributed by atoms with Crippen LogP contribution in [0.15, 0.2) is 18.2 Å². The van der Waals surface area contributed by atoms with Crippen LogP contribution in [0, 0.1) is 17.6 Å². The van der Waals surface area contributed by atoms with E-state index < -0.39 is 17.5 Å². The Bertz CT molecular complexity index is 664. The van der Waals surface area contributed by atoms with Crippen LogP contribution >= 0.6 is 0 Å². The molecule has 1 aliphatic rings. The van der Waals surface area contributed by atoms with Crippen molar-refractivity contribution in [2.24, 2.45) is 5.92 Å². The van der Waals surface area contributed by atoms with E-state index in [1.807, 2.05) is 0 Å². The number of rotatable bonds is 9. The van der Waals surface area contributed by atoms with Gasteiger partial charge >= 0.3 is 0 Å². The van der Waals surface area contributed by atoms with E-state index in [1.54, 1.807) is 0 Å². The number of benzene rings is 1. The van der Waals surface area contributed by atoms with Crippen LogP contribution in [-0.2, 0) is 9.53 Å². The normalized spacial score (nSPS) is 16.0. The average molecular weight is 397 g/mol. The van der Waals surface area contributed by atoms with Gasteiger partial charge in [-0.2, -0.15) is 0 Å². The molecule has 156 valence electrons. The summed E-state index contributed by atoms with van der Waals surface area (Å²) in [6.07, 6.45) is 1.06. The van der Waals surface area contributed by atoms with Crippen LogP contribution in [-0.4, -0.2) is 62.1 Å². The van der Waals surface area contributed by atoms with Gasteiger partial charge in [0.15, 0.2) is 0 Å². The fourth-order valence-corrected chi connectivity index (χ4v) is 3.23. The van der Waals surface area contributed by atoms with Gasteiger partial charge in [-0.25, -0.2) is 8.78 Å². The Kier molecular flexibility index (Phi) is 8.79. The van der Waals surface area contributed by atoms with Gasteiger partial charge < -0.3 is 15.4 Å². The molecule has 1 saturated heterocycles. The van der Waals surface area contributed by atoms with Crippen molar-refractivity contribution in [2.45, 2.75) is 32.7 Å². The van der Waals surface area contributed by atoms with E-state index in [1.165, 1.54) is 0 Å². The van der Waals surface area contributed by atoms with Gasteiger partial charge in [-0.3, -0.25) is 14.5 Å². The Morgan fingerprint density at radius 2 is 1.89 bits per heavy atom. The van der Waals surface area contributed by atoms with E-state index >= 15 is 0 Å². The number of hydrogen-bond acceptors (Lipinski definition) is 4. The van der Waals surface area contributed by atoms with Crippen LogP contribution in [0.5, 0.6) is 0 Å². The van der Waals surface area contributed by atoms with Gasteiger partial charge in [0.05, 0.1) is 18.8 Å². The smallest absolute Gasteiger partial charge is 0.254 e. The van der Waals surface area contributed by atoms with Crippen LogP contribution in [0.25, 0.3) is 0 Å². The quantitative estimate of drug-likeness (QED) is 0.668. The highest BCUT2D eigenvalue weighted by molar-refractivity contribution is 5.94. The van der Waals surface area contributed by atoms with Gasteiger partial charge in [-0.1, -0.05) is 13.8 Å². The van der Waals surface area contributed by atoms with Crippen LogP contribution in [0.1, 0.15) is 37.0 Å². The maximum absolute atomic E-state index is 13.6. The number of nitrogens with one attached hydrogen (secondary N) is 2. The number of ether oxygens (including phenoxy) is 1. The Morgan fingerprint density at radius 3 is 2.54 bits per heavy atom. The van der Waals surface area contributed by atoms with E-state index in [9.17, 15) is 18.4 Å². The minimum Gasteiger partial charge on any atom is -0.379 e. The molecule has 1 heterocycles. The lowest BCUT2D eigenvalue weighted by atomic mass is 10.0. The van der Waals surface area contributed by atoms with Gasteiger partial charge in [0.2, 0.25) is 5.91 Å². The molecule has 6 nitrogen and oxygen atoms in total. The van der Waals surface area contributed by atoms with Crippen molar-refractivity contribution in [1.29, 1.82) is 0 Å². The van der Waals surface area contributed by atoms with Crippen LogP contribution in [0.4, 0.5) is 8.78 Å². The number of morpholine rings is 1. The number of halogens is 2. The monoisotopic (exact) mass is 397 g/mol. The lowest BCUT2D eigenvalue weighted by Crippen LogP contribution is -2.49. The van der Waals surface area contributed by atoms with Crippen LogP contribution in [0.2, 0.25) is 0 Å². The van der Waals surface area contributed by atoms with Gasteiger partial charge in [-0.15, -0.1) is 0 Å². The Morgan fingerprint density at radius 1 is 1.18 bits per heavy atom. The minimum atomic E-state index is -0.927. The highest BCUT2D eigenvalue weighted by Crippen LogP contribution is 2.13. The summed E-state index contributed by atoms with van der Waals surface area (Å²) in [5.41, 5.74) is -0.244. The first-order valence-corrected chi connectivity index (χ1v) is 9.68. The molecule has 28 heavy (non-hydrogen) atoms. The molecule has 1 unspecified atom stereocenters. The van der Waals surface area contributed by atoms with Gasteiger partial charge in [0.1, 0.15) is 11.6 Å². The Balaban J connectivity index is 1.75. The lowest BCUT2D eigenvalue weighted by Gasteiger charge is -2.35. The molecule has 1 aliphatic heterocycles. The molecular formula is C20H29F2N3O3. The number of amides is 2. The summed E-state index contributed by atoms with van der Waals surface area (Å²) in [6.45, 7) is 8.03. The number of hydrogen-bond donors (Lipinski definition) is 2. The van der Waals surface area contributed by atoms with E-state index in [2.05, 4.69) is 29.4 Å². The second kappa shape index (κ2) is 11.1. The minimum absolute atomic E-state index is 0.0773. The van der Waals surface area contributed by atoms with Crippen molar-refractivity contribution < 1.29 is 23.1 Å². The molecule has 8 heteroatoms. The third-order valence-corrected chi connectivity index (χ3v) is 4.65. The summed E-state index contributed by atoms with van der Waals surface area (Å²) in [6, 6.07) is 3.00. The van der Waals surface area contributed by atoms with Gasteiger partial charge in [0.25, 0.3) is 5.91 Å². The molecule has 0 bridgehead atoms. The molecule has 0 aromatic heterocycles. The molecule has 2 rings (SSSR count). The van der Waals surface area contributed by atoms with Crippen molar-refractivity contribution in [3.05, 3.63) is 35.4 Å². The van der Waals surface area contributed by atoms with E-state index in [0.29, 0.717) is 31.7 Å². The SMILES string of the molecule is CC(C)CC(CNC(=O)CCNC(=O)c1ccc(F)cc1F)N1CCOCC1. The molecular weight excluding hydrogens is 368 g/mol. The molecule has 0 spiro atoms. The zero-order valence-corrected chi connectivity index (χ0v) is 16.5. The van der Waals surface area contributed by atoms with Crippen LogP contribution < -0.4 is 10.6 Å². The molecule has 2 amide bonds. The van der Waals surface area contributed by atoms with E-state index in [4.69, 9.17) is 4.74 Å². The van der Waals surface area contributed by atoms with Crippen molar-refractivity contribution >= 4 is 11.8 Å². The molecule has 1 atom stereocenters. The summed E-state index contributed by atoms with van der Waals surface area (Å²) >= 11 is 0. The summed E-state index contributed by atoms with van der Waals surface area (Å²) in [7, 11) is 0. The first-order chi connectivity index (χ1) is 13.4. The molecule has 2 N–H and O–H groups in total. The fraction of sp³-hybridized carbons (Fsp3) is 0.600. The third kappa shape index (κ3) is 7.16. The highest BCUT2D eigenvalue weighted by atomic mass is 19.1. The molecule has 1 aromatic rings. The third-order valence-electron chi connectivity index (χ3n) is 4.65.